The molecule has 0 aliphatic rings. The van der Waals surface area contributed by atoms with E-state index in [1.54, 1.807) is 6.21 Å². The summed E-state index contributed by atoms with van der Waals surface area (Å²) in [4.78, 5) is 20.3. The van der Waals surface area contributed by atoms with E-state index in [0.29, 0.717) is 25.7 Å². The van der Waals surface area contributed by atoms with E-state index in [4.69, 9.17) is 14.8 Å². The fraction of sp³-hybridized carbons (Fsp3) is 0.542. The minimum absolute atomic E-state index is 0.0792. The van der Waals surface area contributed by atoms with Gasteiger partial charge in [0.15, 0.2) is 0 Å². The Morgan fingerprint density at radius 2 is 1.71 bits per heavy atom. The normalized spacial score (nSPS) is 15.4. The van der Waals surface area contributed by atoms with Crippen LogP contribution in [-0.4, -0.2) is 48.4 Å². The molecule has 0 saturated heterocycles. The largest absolute Gasteiger partial charge is 0.481 e. The zero-order valence-electron chi connectivity index (χ0n) is 19.2. The highest BCUT2D eigenvalue weighted by Crippen LogP contribution is 2.19. The number of hydrogen-bond acceptors (Lipinski definition) is 6. The van der Waals surface area contributed by atoms with Crippen molar-refractivity contribution in [2.24, 2.45) is 16.2 Å². The van der Waals surface area contributed by atoms with Crippen LogP contribution in [0.4, 0.5) is 0 Å². The fourth-order valence-corrected chi connectivity index (χ4v) is 2.77. The van der Waals surface area contributed by atoms with Gasteiger partial charge in [0.05, 0.1) is 18.0 Å². The van der Waals surface area contributed by atoms with Crippen molar-refractivity contribution in [3.05, 3.63) is 48.1 Å². The molecule has 0 aromatic rings. The third kappa shape index (κ3) is 15.8. The van der Waals surface area contributed by atoms with Crippen LogP contribution in [-0.2, 0) is 14.5 Å². The molecule has 7 nitrogen and oxygen atoms in total. The Morgan fingerprint density at radius 1 is 1.00 bits per heavy atom. The maximum atomic E-state index is 10.5. The van der Waals surface area contributed by atoms with Crippen LogP contribution in [0.3, 0.4) is 0 Å². The van der Waals surface area contributed by atoms with Gasteiger partial charge in [0, 0.05) is 12.3 Å². The molecule has 0 radical (unpaired) electrons. The second-order valence-electron chi connectivity index (χ2n) is 6.94. The summed E-state index contributed by atoms with van der Waals surface area (Å²) in [5.41, 5.74) is 1.68. The lowest BCUT2D eigenvalue weighted by molar-refractivity contribution is -0.136. The Hall–Kier alpha value is -2.67. The summed E-state index contributed by atoms with van der Waals surface area (Å²) in [6, 6.07) is 0. The van der Waals surface area contributed by atoms with Gasteiger partial charge >= 0.3 is 5.97 Å². The third-order valence-corrected chi connectivity index (χ3v) is 4.39. The van der Waals surface area contributed by atoms with Crippen molar-refractivity contribution in [2.45, 2.75) is 64.9 Å². The van der Waals surface area contributed by atoms with E-state index in [2.05, 4.69) is 23.3 Å². The predicted octanol–water partition coefficient (Wildman–Crippen LogP) is 5.05. The number of carbonyl (C=O) groups is 1. The summed E-state index contributed by atoms with van der Waals surface area (Å²) < 4.78 is 0. The van der Waals surface area contributed by atoms with Crippen LogP contribution in [0.5, 0.6) is 0 Å². The Morgan fingerprint density at radius 3 is 2.35 bits per heavy atom. The van der Waals surface area contributed by atoms with Crippen LogP contribution in [0.2, 0.25) is 0 Å². The van der Waals surface area contributed by atoms with Crippen LogP contribution in [0.15, 0.2) is 58.4 Å². The van der Waals surface area contributed by atoms with Gasteiger partial charge in [0.25, 0.3) is 0 Å². The van der Waals surface area contributed by atoms with Gasteiger partial charge in [-0.05, 0) is 51.0 Å². The number of aliphatic hydroxyl groups excluding tert-OH is 1. The van der Waals surface area contributed by atoms with Crippen LogP contribution in [0, 0.1) is 5.92 Å². The molecule has 31 heavy (non-hydrogen) atoms. The number of nitrogens with zero attached hydrogens (tertiary/aromatic N) is 2. The second kappa shape index (κ2) is 19.3. The van der Waals surface area contributed by atoms with Crippen molar-refractivity contribution >= 4 is 17.9 Å². The molecular weight excluding hydrogens is 396 g/mol. The maximum Gasteiger partial charge on any atom is 0.303 e. The summed E-state index contributed by atoms with van der Waals surface area (Å²) >= 11 is 0. The van der Waals surface area contributed by atoms with E-state index >= 15 is 0 Å². The molecule has 0 aliphatic carbocycles. The molecule has 0 fully saturated rings. The molecule has 0 bridgehead atoms. The topological polar surface area (TPSA) is 101 Å². The summed E-state index contributed by atoms with van der Waals surface area (Å²) in [5, 5.41) is 26.9. The molecule has 0 aromatic carbocycles. The van der Waals surface area contributed by atoms with Crippen molar-refractivity contribution in [2.75, 3.05) is 14.2 Å². The first-order valence-corrected chi connectivity index (χ1v) is 10.6. The second-order valence-corrected chi connectivity index (χ2v) is 6.94. The minimum atomic E-state index is -0.792. The van der Waals surface area contributed by atoms with E-state index in [0.717, 1.165) is 24.1 Å². The first-order chi connectivity index (χ1) is 15.0. The van der Waals surface area contributed by atoms with Crippen molar-refractivity contribution in [1.82, 2.24) is 0 Å². The lowest BCUT2D eigenvalue weighted by atomic mass is 9.90. The number of carboxylic acids is 1. The van der Waals surface area contributed by atoms with Gasteiger partial charge in [-0.1, -0.05) is 59.8 Å². The van der Waals surface area contributed by atoms with Gasteiger partial charge in [0.1, 0.15) is 14.2 Å². The smallest absolute Gasteiger partial charge is 0.303 e. The van der Waals surface area contributed by atoms with Gasteiger partial charge < -0.3 is 19.9 Å². The number of aliphatic hydroxyl groups is 1. The molecule has 2 N–H and O–H groups in total. The van der Waals surface area contributed by atoms with Crippen LogP contribution in [0.25, 0.3) is 0 Å². The Kier molecular flexibility index (Phi) is 17.6. The van der Waals surface area contributed by atoms with Gasteiger partial charge in [-0.25, -0.2) is 0 Å². The van der Waals surface area contributed by atoms with Gasteiger partial charge in [0.2, 0.25) is 0 Å². The predicted molar refractivity (Wildman–Crippen MR) is 126 cm³/mol. The molecular formula is C24H38N2O5. The number of aliphatic carboxylic acids is 1. The standard InChI is InChI=1S/C24H38N2O5/c1-5-6-11-14-22(27)18-17-21(19-25-30-3)23(20(2)26-31-4)15-12-9-7-8-10-13-16-24(28)29/h6,8-12,17,19,22-23,27H,5,7,13-16,18H2,1-4H3,(H,28,29)/b10-8-,11-6-,12-9-,21-17-,25-19+,26-20+. The lowest BCUT2D eigenvalue weighted by Crippen LogP contribution is -2.16. The van der Waals surface area contributed by atoms with E-state index < -0.39 is 12.1 Å². The zero-order chi connectivity index (χ0) is 23.3. The summed E-state index contributed by atoms with van der Waals surface area (Å²) in [5.74, 6) is -0.871. The van der Waals surface area contributed by atoms with E-state index in [1.807, 2.05) is 43.4 Å². The van der Waals surface area contributed by atoms with Gasteiger partial charge in [-0.2, -0.15) is 0 Å². The molecule has 2 atom stereocenters. The van der Waals surface area contributed by atoms with Crippen molar-refractivity contribution in [3.8, 4) is 0 Å². The molecule has 174 valence electrons. The summed E-state index contributed by atoms with van der Waals surface area (Å²) in [6.45, 7) is 3.95. The van der Waals surface area contributed by atoms with Crippen LogP contribution in [0.1, 0.15) is 58.8 Å². The van der Waals surface area contributed by atoms with E-state index in [9.17, 15) is 9.90 Å². The Bertz CT molecular complexity index is 663. The number of carboxylic acid groups (broad SMARTS) is 1. The average molecular weight is 435 g/mol. The van der Waals surface area contributed by atoms with Crippen molar-refractivity contribution < 1.29 is 24.7 Å². The fourth-order valence-electron chi connectivity index (χ4n) is 2.77. The van der Waals surface area contributed by atoms with Crippen LogP contribution < -0.4 is 0 Å². The van der Waals surface area contributed by atoms with Crippen molar-refractivity contribution in [1.29, 1.82) is 0 Å². The zero-order valence-corrected chi connectivity index (χ0v) is 19.2. The highest BCUT2D eigenvalue weighted by atomic mass is 16.6. The summed E-state index contributed by atoms with van der Waals surface area (Å²) in [7, 11) is 3.00. The molecule has 0 saturated carbocycles. The third-order valence-electron chi connectivity index (χ3n) is 4.39. The Balaban J connectivity index is 5.21. The molecule has 2 unspecified atom stereocenters. The molecule has 0 amide bonds. The molecule has 7 heteroatoms. The SMILES string of the molecule is CC/C=C\CC(O)C/C=C(/C=N/OC)C(C/C=C\C/C=C\CCC(=O)O)/C(C)=N/OC. The monoisotopic (exact) mass is 434 g/mol. The number of oxime groups is 2. The minimum Gasteiger partial charge on any atom is -0.481 e. The molecule has 0 aliphatic heterocycles. The van der Waals surface area contributed by atoms with E-state index in [-0.39, 0.29) is 12.3 Å². The summed E-state index contributed by atoms with van der Waals surface area (Å²) in [6.07, 6.45) is 19.2. The first kappa shape index (κ1) is 28.3. The number of rotatable bonds is 17. The number of hydrogen-bond donors (Lipinski definition) is 2. The van der Waals surface area contributed by atoms with Crippen molar-refractivity contribution in [3.63, 3.8) is 0 Å². The van der Waals surface area contributed by atoms with Gasteiger partial charge in [-0.15, -0.1) is 0 Å². The quantitative estimate of drug-likeness (QED) is 0.190. The van der Waals surface area contributed by atoms with Crippen LogP contribution >= 0.6 is 0 Å². The number of allylic oxidation sites excluding steroid dienone is 6. The average Bonchev–Trinajstić information content (AvgIpc) is 2.73. The van der Waals surface area contributed by atoms with E-state index in [1.165, 1.54) is 14.2 Å². The Labute approximate surface area is 186 Å². The highest BCUT2D eigenvalue weighted by Gasteiger charge is 2.17. The molecule has 0 heterocycles. The first-order valence-electron chi connectivity index (χ1n) is 10.6. The molecule has 0 spiro atoms. The van der Waals surface area contributed by atoms with Gasteiger partial charge in [-0.3, -0.25) is 4.79 Å². The lowest BCUT2D eigenvalue weighted by Gasteiger charge is -2.16. The highest BCUT2D eigenvalue weighted by molar-refractivity contribution is 5.94. The maximum absolute atomic E-state index is 10.5. The molecule has 0 aromatic heterocycles. The molecule has 0 rings (SSSR count).